The van der Waals surface area contributed by atoms with Gasteiger partial charge in [-0.2, -0.15) is 0 Å². The van der Waals surface area contributed by atoms with Crippen LogP contribution >= 0.6 is 0 Å². The van der Waals surface area contributed by atoms with E-state index < -0.39 is 0 Å². The first-order chi connectivity index (χ1) is 10.3. The summed E-state index contributed by atoms with van der Waals surface area (Å²) in [4.78, 5) is 12.8. The molecule has 0 aliphatic heterocycles. The van der Waals surface area contributed by atoms with Gasteiger partial charge in [0.25, 0.3) is 0 Å². The van der Waals surface area contributed by atoms with Crippen LogP contribution in [0.15, 0.2) is 34.7 Å². The van der Waals surface area contributed by atoms with Crippen LogP contribution in [0.5, 0.6) is 0 Å². The number of fused-ring (bicyclic) bond motifs is 2. The fraction of sp³-hybridized carbons (Fsp3) is 0.526. The molecule has 2 heteroatoms. The van der Waals surface area contributed by atoms with Gasteiger partial charge in [-0.15, -0.1) is 0 Å². The van der Waals surface area contributed by atoms with E-state index in [9.17, 15) is 4.79 Å². The minimum Gasteiger partial charge on any atom is -0.453 e. The summed E-state index contributed by atoms with van der Waals surface area (Å²) in [7, 11) is 0. The first-order valence-electron chi connectivity index (χ1n) is 8.34. The molecule has 2 fully saturated rings. The Labute approximate surface area is 125 Å². The van der Waals surface area contributed by atoms with Gasteiger partial charge in [0.05, 0.1) is 0 Å². The van der Waals surface area contributed by atoms with E-state index in [1.807, 2.05) is 30.3 Å². The lowest BCUT2D eigenvalue weighted by molar-refractivity contribution is 0.0738. The number of rotatable bonds is 2. The van der Waals surface area contributed by atoms with Gasteiger partial charge in [-0.1, -0.05) is 43.9 Å². The third-order valence-electron chi connectivity index (χ3n) is 5.58. The van der Waals surface area contributed by atoms with Crippen molar-refractivity contribution >= 4 is 16.8 Å². The Hall–Kier alpha value is -1.57. The molecule has 0 radical (unpaired) electrons. The Morgan fingerprint density at radius 2 is 1.81 bits per heavy atom. The van der Waals surface area contributed by atoms with Gasteiger partial charge in [-0.05, 0) is 43.2 Å². The van der Waals surface area contributed by atoms with Gasteiger partial charge in [0.1, 0.15) is 5.58 Å². The summed E-state index contributed by atoms with van der Waals surface area (Å²) in [6, 6.07) is 9.80. The molecule has 0 saturated heterocycles. The van der Waals surface area contributed by atoms with Crippen molar-refractivity contribution in [3.05, 3.63) is 36.1 Å². The van der Waals surface area contributed by atoms with Crippen LogP contribution in [0.2, 0.25) is 0 Å². The molecule has 4 rings (SSSR count). The first kappa shape index (κ1) is 13.1. The van der Waals surface area contributed by atoms with Gasteiger partial charge >= 0.3 is 0 Å². The minimum absolute atomic E-state index is 0.185. The number of carbonyl (C=O) groups is 1. The predicted molar refractivity (Wildman–Crippen MR) is 83.3 cm³/mol. The largest absolute Gasteiger partial charge is 0.453 e. The Balaban J connectivity index is 1.54. The van der Waals surface area contributed by atoms with Crippen molar-refractivity contribution in [1.29, 1.82) is 0 Å². The van der Waals surface area contributed by atoms with Gasteiger partial charge in [0, 0.05) is 11.3 Å². The molecular weight excluding hydrogens is 260 g/mol. The van der Waals surface area contributed by atoms with Crippen molar-refractivity contribution in [2.45, 2.75) is 44.9 Å². The molecule has 21 heavy (non-hydrogen) atoms. The van der Waals surface area contributed by atoms with E-state index in [2.05, 4.69) is 0 Å². The molecule has 3 unspecified atom stereocenters. The highest BCUT2D eigenvalue weighted by atomic mass is 16.3. The van der Waals surface area contributed by atoms with E-state index in [0.717, 1.165) is 35.6 Å². The number of furan rings is 1. The summed E-state index contributed by atoms with van der Waals surface area (Å²) in [5.74, 6) is 2.65. The fourth-order valence-electron chi connectivity index (χ4n) is 4.42. The summed E-state index contributed by atoms with van der Waals surface area (Å²) in [5, 5.41) is 1.03. The quantitative estimate of drug-likeness (QED) is 0.707. The molecule has 2 aromatic rings. The molecule has 2 nitrogen and oxygen atoms in total. The lowest BCUT2D eigenvalue weighted by atomic mass is 9.66. The number of para-hydroxylation sites is 1. The normalized spacial score (nSPS) is 29.2. The van der Waals surface area contributed by atoms with Crippen LogP contribution < -0.4 is 0 Å². The van der Waals surface area contributed by atoms with Crippen LogP contribution in [0.25, 0.3) is 11.0 Å². The molecule has 110 valence electrons. The predicted octanol–water partition coefficient (Wildman–Crippen LogP) is 5.22. The van der Waals surface area contributed by atoms with Crippen molar-refractivity contribution in [1.82, 2.24) is 0 Å². The van der Waals surface area contributed by atoms with E-state index in [1.54, 1.807) is 0 Å². The molecule has 0 amide bonds. The molecule has 0 spiro atoms. The summed E-state index contributed by atoms with van der Waals surface area (Å²) in [5.41, 5.74) is 0.826. The third-order valence-corrected chi connectivity index (χ3v) is 5.58. The summed E-state index contributed by atoms with van der Waals surface area (Å²) < 4.78 is 5.77. The lowest BCUT2D eigenvalue weighted by Crippen LogP contribution is -2.31. The molecule has 2 aliphatic rings. The molecule has 1 heterocycles. The monoisotopic (exact) mass is 282 g/mol. The number of hydrogen-bond acceptors (Lipinski definition) is 2. The van der Waals surface area contributed by atoms with E-state index >= 15 is 0 Å². The maximum Gasteiger partial charge on any atom is 0.201 e. The summed E-state index contributed by atoms with van der Waals surface area (Å²) >= 11 is 0. The Morgan fingerprint density at radius 3 is 2.67 bits per heavy atom. The van der Waals surface area contributed by atoms with Crippen LogP contribution in [0.4, 0.5) is 0 Å². The number of Topliss-reactive ketones (excluding diaryl/α,β-unsaturated/α-hetero) is 1. The molecule has 3 atom stereocenters. The topological polar surface area (TPSA) is 30.2 Å². The van der Waals surface area contributed by atoms with E-state index in [0.29, 0.717) is 5.76 Å². The maximum absolute atomic E-state index is 12.8. The van der Waals surface area contributed by atoms with Crippen LogP contribution in [-0.4, -0.2) is 5.78 Å². The zero-order valence-electron chi connectivity index (χ0n) is 12.4. The van der Waals surface area contributed by atoms with Crippen molar-refractivity contribution in [3.8, 4) is 0 Å². The number of hydrogen-bond donors (Lipinski definition) is 0. The van der Waals surface area contributed by atoms with Gasteiger partial charge in [0.2, 0.25) is 5.78 Å². The number of benzene rings is 1. The van der Waals surface area contributed by atoms with Crippen LogP contribution in [0.1, 0.15) is 55.5 Å². The third kappa shape index (κ3) is 2.41. The second-order valence-corrected chi connectivity index (χ2v) is 6.83. The molecule has 2 saturated carbocycles. The Kier molecular flexibility index (Phi) is 3.33. The zero-order valence-corrected chi connectivity index (χ0v) is 12.4. The molecule has 0 bridgehead atoms. The molecule has 1 aromatic carbocycles. The van der Waals surface area contributed by atoms with Crippen LogP contribution in [0.3, 0.4) is 0 Å². The average Bonchev–Trinajstić information content (AvgIpc) is 2.97. The fourth-order valence-corrected chi connectivity index (χ4v) is 4.42. The summed E-state index contributed by atoms with van der Waals surface area (Å²) in [6.07, 6.45) is 8.83. The average molecular weight is 282 g/mol. The van der Waals surface area contributed by atoms with E-state index in [4.69, 9.17) is 4.42 Å². The molecule has 2 aliphatic carbocycles. The molecule has 0 N–H and O–H groups in total. The highest BCUT2D eigenvalue weighted by Gasteiger charge is 2.36. The lowest BCUT2D eigenvalue weighted by Gasteiger charge is -2.38. The smallest absolute Gasteiger partial charge is 0.201 e. The maximum atomic E-state index is 12.8. The van der Waals surface area contributed by atoms with Crippen molar-refractivity contribution in [2.24, 2.45) is 17.8 Å². The molecule has 1 aromatic heterocycles. The van der Waals surface area contributed by atoms with Gasteiger partial charge < -0.3 is 4.42 Å². The zero-order chi connectivity index (χ0) is 14.2. The van der Waals surface area contributed by atoms with E-state index in [-0.39, 0.29) is 11.7 Å². The van der Waals surface area contributed by atoms with E-state index in [1.165, 1.54) is 32.1 Å². The van der Waals surface area contributed by atoms with Crippen LogP contribution in [-0.2, 0) is 0 Å². The van der Waals surface area contributed by atoms with Crippen molar-refractivity contribution in [2.75, 3.05) is 0 Å². The minimum atomic E-state index is 0.185. The number of ketones is 1. The number of carbonyl (C=O) groups excluding carboxylic acids is 1. The van der Waals surface area contributed by atoms with Crippen molar-refractivity contribution < 1.29 is 9.21 Å². The Bertz CT molecular complexity index is 621. The first-order valence-corrected chi connectivity index (χ1v) is 8.34. The van der Waals surface area contributed by atoms with Crippen LogP contribution in [0, 0.1) is 17.8 Å². The van der Waals surface area contributed by atoms with Gasteiger partial charge in [-0.25, -0.2) is 0 Å². The molecular formula is C19H22O2. The van der Waals surface area contributed by atoms with Gasteiger partial charge in [0.15, 0.2) is 5.76 Å². The second-order valence-electron chi connectivity index (χ2n) is 6.83. The second kappa shape index (κ2) is 5.32. The van der Waals surface area contributed by atoms with Gasteiger partial charge in [-0.3, -0.25) is 4.79 Å². The van der Waals surface area contributed by atoms with Crippen molar-refractivity contribution in [3.63, 3.8) is 0 Å². The Morgan fingerprint density at radius 1 is 1.00 bits per heavy atom. The highest BCUT2D eigenvalue weighted by molar-refractivity contribution is 5.99. The SMILES string of the molecule is O=C(c1cc2ccccc2o1)C1CCC2CCCCC2C1. The standard InChI is InChI=1S/C19H22O2/c20-19(18-12-15-7-3-4-8-17(15)21-18)16-10-9-13-5-1-2-6-14(13)11-16/h3-4,7-8,12-14,16H,1-2,5-6,9-11H2. The highest BCUT2D eigenvalue weighted by Crippen LogP contribution is 2.43. The summed E-state index contributed by atoms with van der Waals surface area (Å²) in [6.45, 7) is 0.